The third kappa shape index (κ3) is 4.80. The molecule has 8 heteroatoms. The lowest BCUT2D eigenvalue weighted by molar-refractivity contribution is -0.114. The Kier molecular flexibility index (Phi) is 6.74. The second-order valence-electron chi connectivity index (χ2n) is 6.48. The van der Waals surface area contributed by atoms with Crippen molar-refractivity contribution in [2.24, 2.45) is 0 Å². The highest BCUT2D eigenvalue weighted by molar-refractivity contribution is 7.92. The molecule has 0 bridgehead atoms. The van der Waals surface area contributed by atoms with Gasteiger partial charge in [0.1, 0.15) is 12.4 Å². The zero-order valence-corrected chi connectivity index (χ0v) is 17.8. The number of rotatable bonds is 7. The van der Waals surface area contributed by atoms with Crippen LogP contribution in [-0.2, 0) is 21.2 Å². The predicted octanol–water partition coefficient (Wildman–Crippen LogP) is 4.88. The molecule has 0 aliphatic heterocycles. The lowest BCUT2D eigenvalue weighted by Gasteiger charge is -2.26. The maximum absolute atomic E-state index is 13.4. The van der Waals surface area contributed by atoms with Crippen molar-refractivity contribution in [2.75, 3.05) is 16.2 Å². The Morgan fingerprint density at radius 1 is 1.03 bits per heavy atom. The monoisotopic (exact) mass is 446 g/mol. The molecule has 156 valence electrons. The average Bonchev–Trinajstić information content (AvgIpc) is 2.75. The molecule has 0 atom stereocenters. The number of hydrogen-bond acceptors (Lipinski definition) is 3. The topological polar surface area (TPSA) is 66.5 Å². The van der Waals surface area contributed by atoms with E-state index in [9.17, 15) is 17.6 Å². The number of nitrogens with one attached hydrogen (secondary N) is 1. The van der Waals surface area contributed by atoms with Gasteiger partial charge in [-0.2, -0.15) is 0 Å². The van der Waals surface area contributed by atoms with Gasteiger partial charge in [0.2, 0.25) is 5.91 Å². The summed E-state index contributed by atoms with van der Waals surface area (Å²) in [6, 6.07) is 18.7. The molecular formula is C22H20ClFN2O3S. The second kappa shape index (κ2) is 9.28. The van der Waals surface area contributed by atoms with Crippen LogP contribution < -0.4 is 9.62 Å². The molecule has 0 saturated heterocycles. The summed E-state index contributed by atoms with van der Waals surface area (Å²) in [5.41, 5.74) is 1.48. The van der Waals surface area contributed by atoms with Gasteiger partial charge >= 0.3 is 0 Å². The van der Waals surface area contributed by atoms with Gasteiger partial charge < -0.3 is 5.32 Å². The van der Waals surface area contributed by atoms with Crippen LogP contribution >= 0.6 is 11.6 Å². The number of anilines is 2. The number of aryl methyl sites for hydroxylation is 1. The van der Waals surface area contributed by atoms with Crippen LogP contribution in [0.25, 0.3) is 0 Å². The molecule has 0 radical (unpaired) electrons. The lowest BCUT2D eigenvalue weighted by atomic mass is 10.1. The third-order valence-corrected chi connectivity index (χ3v) is 6.53. The molecule has 30 heavy (non-hydrogen) atoms. The zero-order chi connectivity index (χ0) is 21.7. The maximum atomic E-state index is 13.4. The first-order valence-electron chi connectivity index (χ1n) is 9.23. The molecule has 1 amide bonds. The van der Waals surface area contributed by atoms with E-state index >= 15 is 0 Å². The standard InChI is InChI=1S/C22H20ClFN2O3S/c1-2-16-8-6-7-11-21(16)26(30(28,29)18-9-4-3-5-10-18)15-22(27)25-17-12-13-20(24)19(23)14-17/h3-14H,2,15H2,1H3,(H,25,27). The lowest BCUT2D eigenvalue weighted by Crippen LogP contribution is -2.38. The van der Waals surface area contributed by atoms with E-state index in [0.717, 1.165) is 15.9 Å². The molecule has 0 unspecified atom stereocenters. The molecule has 0 saturated carbocycles. The Morgan fingerprint density at radius 2 is 1.70 bits per heavy atom. The highest BCUT2D eigenvalue weighted by Gasteiger charge is 2.28. The minimum Gasteiger partial charge on any atom is -0.324 e. The first kappa shape index (κ1) is 21.8. The van der Waals surface area contributed by atoms with Gasteiger partial charge in [-0.25, -0.2) is 12.8 Å². The summed E-state index contributed by atoms with van der Waals surface area (Å²) in [5, 5.41) is 2.43. The number of sulfonamides is 1. The summed E-state index contributed by atoms with van der Waals surface area (Å²) in [4.78, 5) is 12.8. The Labute approximate surface area is 180 Å². The molecule has 0 fully saturated rings. The van der Waals surface area contributed by atoms with E-state index in [0.29, 0.717) is 12.1 Å². The Morgan fingerprint density at radius 3 is 2.37 bits per heavy atom. The average molecular weight is 447 g/mol. The molecule has 3 rings (SSSR count). The van der Waals surface area contributed by atoms with E-state index in [1.54, 1.807) is 30.3 Å². The quantitative estimate of drug-likeness (QED) is 0.562. The number of carbonyl (C=O) groups is 1. The summed E-state index contributed by atoms with van der Waals surface area (Å²) in [5.74, 6) is -1.19. The van der Waals surface area contributed by atoms with E-state index < -0.39 is 28.3 Å². The van der Waals surface area contributed by atoms with E-state index in [1.165, 1.54) is 24.3 Å². The number of amides is 1. The van der Waals surface area contributed by atoms with Gasteiger partial charge in [-0.3, -0.25) is 9.10 Å². The van der Waals surface area contributed by atoms with Crippen LogP contribution in [0.4, 0.5) is 15.8 Å². The van der Waals surface area contributed by atoms with Gasteiger partial charge in [-0.15, -0.1) is 0 Å². The van der Waals surface area contributed by atoms with Crippen LogP contribution in [0.3, 0.4) is 0 Å². The molecule has 0 aliphatic carbocycles. The number of para-hydroxylation sites is 1. The van der Waals surface area contributed by atoms with E-state index in [2.05, 4.69) is 5.32 Å². The van der Waals surface area contributed by atoms with Crippen LogP contribution in [0.2, 0.25) is 5.02 Å². The first-order valence-corrected chi connectivity index (χ1v) is 11.1. The second-order valence-corrected chi connectivity index (χ2v) is 8.75. The van der Waals surface area contributed by atoms with Crippen LogP contribution in [-0.4, -0.2) is 20.9 Å². The smallest absolute Gasteiger partial charge is 0.264 e. The van der Waals surface area contributed by atoms with Crippen LogP contribution in [0.1, 0.15) is 12.5 Å². The molecule has 5 nitrogen and oxygen atoms in total. The van der Waals surface area contributed by atoms with Crippen molar-refractivity contribution in [1.82, 2.24) is 0 Å². The number of nitrogens with zero attached hydrogens (tertiary/aromatic N) is 1. The first-order chi connectivity index (χ1) is 14.3. The third-order valence-electron chi connectivity index (χ3n) is 4.46. The van der Waals surface area contributed by atoms with Crippen molar-refractivity contribution >= 4 is 38.9 Å². The van der Waals surface area contributed by atoms with Gasteiger partial charge in [0, 0.05) is 5.69 Å². The maximum Gasteiger partial charge on any atom is 0.264 e. The van der Waals surface area contributed by atoms with E-state index in [-0.39, 0.29) is 15.6 Å². The molecule has 0 spiro atoms. The highest BCUT2D eigenvalue weighted by Crippen LogP contribution is 2.28. The molecule has 3 aromatic carbocycles. The van der Waals surface area contributed by atoms with Crippen LogP contribution in [0.5, 0.6) is 0 Å². The van der Waals surface area contributed by atoms with Crippen molar-refractivity contribution < 1.29 is 17.6 Å². The van der Waals surface area contributed by atoms with Crippen molar-refractivity contribution in [3.05, 3.63) is 89.2 Å². The number of hydrogen-bond donors (Lipinski definition) is 1. The summed E-state index contributed by atoms with van der Waals surface area (Å²) in [6.07, 6.45) is 0.589. The molecule has 0 heterocycles. The van der Waals surface area contributed by atoms with Crippen molar-refractivity contribution in [1.29, 1.82) is 0 Å². The molecule has 0 aliphatic rings. The van der Waals surface area contributed by atoms with Gasteiger partial charge in [-0.1, -0.05) is 54.9 Å². The number of carbonyl (C=O) groups excluding carboxylic acids is 1. The zero-order valence-electron chi connectivity index (χ0n) is 16.2. The number of halogens is 2. The minimum absolute atomic E-state index is 0.0773. The predicted molar refractivity (Wildman–Crippen MR) is 117 cm³/mol. The van der Waals surface area contributed by atoms with Crippen molar-refractivity contribution in [3.8, 4) is 0 Å². The summed E-state index contributed by atoms with van der Waals surface area (Å²) in [6.45, 7) is 1.45. The largest absolute Gasteiger partial charge is 0.324 e. The minimum atomic E-state index is -4.00. The number of benzene rings is 3. The van der Waals surface area contributed by atoms with E-state index in [4.69, 9.17) is 11.6 Å². The summed E-state index contributed by atoms with van der Waals surface area (Å²) >= 11 is 5.76. The molecule has 0 aromatic heterocycles. The van der Waals surface area contributed by atoms with Gasteiger partial charge in [0.25, 0.3) is 10.0 Å². The van der Waals surface area contributed by atoms with Gasteiger partial charge in [-0.05, 0) is 48.4 Å². The normalized spacial score (nSPS) is 11.2. The Hall–Kier alpha value is -2.90. The van der Waals surface area contributed by atoms with Crippen LogP contribution in [0, 0.1) is 5.82 Å². The van der Waals surface area contributed by atoms with Crippen LogP contribution in [0.15, 0.2) is 77.7 Å². The van der Waals surface area contributed by atoms with E-state index in [1.807, 2.05) is 19.1 Å². The fourth-order valence-electron chi connectivity index (χ4n) is 2.98. The van der Waals surface area contributed by atoms with Crippen molar-refractivity contribution in [2.45, 2.75) is 18.2 Å². The molecule has 3 aromatic rings. The van der Waals surface area contributed by atoms with Crippen molar-refractivity contribution in [3.63, 3.8) is 0 Å². The van der Waals surface area contributed by atoms with Gasteiger partial charge in [0.05, 0.1) is 15.6 Å². The SMILES string of the molecule is CCc1ccccc1N(CC(=O)Nc1ccc(F)c(Cl)c1)S(=O)(=O)c1ccccc1. The summed E-state index contributed by atoms with van der Waals surface area (Å²) < 4.78 is 41.2. The Bertz CT molecular complexity index is 1150. The Balaban J connectivity index is 1.97. The van der Waals surface area contributed by atoms with Gasteiger partial charge in [0.15, 0.2) is 0 Å². The highest BCUT2D eigenvalue weighted by atomic mass is 35.5. The fraction of sp³-hybridized carbons (Fsp3) is 0.136. The summed E-state index contributed by atoms with van der Waals surface area (Å²) in [7, 11) is -4.00. The molecule has 1 N–H and O–H groups in total. The fourth-order valence-corrected chi connectivity index (χ4v) is 4.64. The molecular weight excluding hydrogens is 427 g/mol.